The molecule has 0 aliphatic carbocycles. The van der Waals surface area contributed by atoms with Crippen molar-refractivity contribution in [3.05, 3.63) is 57.9 Å². The average Bonchev–Trinajstić information content (AvgIpc) is 2.30. The van der Waals surface area contributed by atoms with Crippen molar-refractivity contribution in [2.24, 2.45) is 5.10 Å². The first-order chi connectivity index (χ1) is 8.56. The number of nitrogens with zero attached hydrogens (tertiary/aromatic N) is 2. The number of aromatic hydroxyl groups is 1. The molecule has 0 fully saturated rings. The molecule has 0 aliphatic heterocycles. The van der Waals surface area contributed by atoms with Crippen molar-refractivity contribution in [2.75, 3.05) is 5.73 Å². The molecule has 0 aliphatic rings. The lowest BCUT2D eigenvalue weighted by atomic mass is 10.2. The van der Waals surface area contributed by atoms with Crippen molar-refractivity contribution in [3.8, 4) is 5.75 Å². The minimum Gasteiger partial charge on any atom is -0.508 e. The summed E-state index contributed by atoms with van der Waals surface area (Å²) >= 11 is 0. The van der Waals surface area contributed by atoms with Crippen molar-refractivity contribution >= 4 is 12.0 Å². The van der Waals surface area contributed by atoms with Gasteiger partial charge in [-0.1, -0.05) is 0 Å². The fourth-order valence-electron chi connectivity index (χ4n) is 1.53. The normalized spacial score (nSPS) is 10.9. The summed E-state index contributed by atoms with van der Waals surface area (Å²) in [6.45, 7) is 1.80. The number of pyridine rings is 1. The van der Waals surface area contributed by atoms with Gasteiger partial charge in [-0.05, 0) is 48.4 Å². The SMILES string of the molecule is Cc1cc(N)n(/N=C/c2ccc(O)cc2)c(=O)c1. The fraction of sp³-hybridized carbons (Fsp3) is 0.0769. The molecule has 3 N–H and O–H groups in total. The van der Waals surface area contributed by atoms with Crippen LogP contribution in [0.2, 0.25) is 0 Å². The van der Waals surface area contributed by atoms with Crippen molar-refractivity contribution in [3.63, 3.8) is 0 Å². The highest BCUT2D eigenvalue weighted by atomic mass is 16.3. The summed E-state index contributed by atoms with van der Waals surface area (Å²) in [6.07, 6.45) is 1.51. The van der Waals surface area contributed by atoms with Gasteiger partial charge in [-0.15, -0.1) is 0 Å². The first-order valence-electron chi connectivity index (χ1n) is 5.39. The van der Waals surface area contributed by atoms with Gasteiger partial charge < -0.3 is 10.8 Å². The van der Waals surface area contributed by atoms with Crippen LogP contribution in [-0.2, 0) is 0 Å². The van der Waals surface area contributed by atoms with E-state index in [9.17, 15) is 4.79 Å². The molecule has 0 bridgehead atoms. The molecule has 5 nitrogen and oxygen atoms in total. The molecule has 0 amide bonds. The molecule has 92 valence electrons. The summed E-state index contributed by atoms with van der Waals surface area (Å²) in [5, 5.41) is 13.2. The molecule has 2 aromatic rings. The summed E-state index contributed by atoms with van der Waals surface area (Å²) in [5.41, 5.74) is 7.01. The van der Waals surface area contributed by atoms with Crippen LogP contribution in [0.4, 0.5) is 5.82 Å². The largest absolute Gasteiger partial charge is 0.508 e. The third kappa shape index (κ3) is 2.57. The Kier molecular flexibility index (Phi) is 3.14. The molecular weight excluding hydrogens is 230 g/mol. The van der Waals surface area contributed by atoms with Crippen LogP contribution in [0.3, 0.4) is 0 Å². The van der Waals surface area contributed by atoms with Crippen LogP contribution in [0.25, 0.3) is 0 Å². The molecule has 2 rings (SSSR count). The highest BCUT2D eigenvalue weighted by Gasteiger charge is 1.99. The summed E-state index contributed by atoms with van der Waals surface area (Å²) in [7, 11) is 0. The summed E-state index contributed by atoms with van der Waals surface area (Å²) in [6, 6.07) is 9.60. The summed E-state index contributed by atoms with van der Waals surface area (Å²) in [5.74, 6) is 0.467. The van der Waals surface area contributed by atoms with E-state index in [2.05, 4.69) is 5.10 Å². The van der Waals surface area contributed by atoms with Crippen LogP contribution in [0.1, 0.15) is 11.1 Å². The van der Waals surface area contributed by atoms with Crippen LogP contribution < -0.4 is 11.3 Å². The minimum absolute atomic E-state index is 0.180. The Morgan fingerprint density at radius 3 is 2.56 bits per heavy atom. The number of phenols is 1. The molecule has 0 saturated carbocycles. The molecule has 0 spiro atoms. The number of aryl methyl sites for hydroxylation is 1. The van der Waals surface area contributed by atoms with Crippen LogP contribution >= 0.6 is 0 Å². The monoisotopic (exact) mass is 243 g/mol. The van der Waals surface area contributed by atoms with E-state index in [0.717, 1.165) is 15.8 Å². The Balaban J connectivity index is 2.35. The van der Waals surface area contributed by atoms with Gasteiger partial charge in [-0.3, -0.25) is 4.79 Å². The Morgan fingerprint density at radius 1 is 1.28 bits per heavy atom. The smallest absolute Gasteiger partial charge is 0.273 e. The van der Waals surface area contributed by atoms with Gasteiger partial charge in [0.1, 0.15) is 11.6 Å². The lowest BCUT2D eigenvalue weighted by Crippen LogP contribution is -2.19. The van der Waals surface area contributed by atoms with E-state index in [1.807, 2.05) is 0 Å². The Morgan fingerprint density at radius 2 is 1.94 bits per heavy atom. The quantitative estimate of drug-likeness (QED) is 0.781. The zero-order chi connectivity index (χ0) is 13.1. The van der Waals surface area contributed by atoms with Gasteiger partial charge in [0.15, 0.2) is 0 Å². The van der Waals surface area contributed by atoms with E-state index in [4.69, 9.17) is 10.8 Å². The Hall–Kier alpha value is -2.56. The third-order valence-corrected chi connectivity index (χ3v) is 2.40. The number of aromatic nitrogens is 1. The van der Waals surface area contributed by atoms with Crippen LogP contribution in [0.5, 0.6) is 5.75 Å². The van der Waals surface area contributed by atoms with E-state index >= 15 is 0 Å². The van der Waals surface area contributed by atoms with Gasteiger partial charge >= 0.3 is 0 Å². The number of phenolic OH excluding ortho intramolecular Hbond substituents is 1. The molecule has 0 atom stereocenters. The first kappa shape index (κ1) is 11.9. The van der Waals surface area contributed by atoms with Gasteiger partial charge in [-0.25, -0.2) is 0 Å². The third-order valence-electron chi connectivity index (χ3n) is 2.40. The molecule has 0 saturated heterocycles. The molecule has 1 aromatic carbocycles. The number of nitrogen functional groups attached to an aromatic ring is 1. The number of nitrogens with two attached hydrogens (primary N) is 1. The van der Waals surface area contributed by atoms with Gasteiger partial charge in [-0.2, -0.15) is 9.78 Å². The van der Waals surface area contributed by atoms with Crippen molar-refractivity contribution in [2.45, 2.75) is 6.92 Å². The van der Waals surface area contributed by atoms with E-state index in [1.165, 1.54) is 12.3 Å². The number of rotatable bonds is 2. The van der Waals surface area contributed by atoms with E-state index in [0.29, 0.717) is 0 Å². The highest BCUT2D eigenvalue weighted by Crippen LogP contribution is 2.08. The van der Waals surface area contributed by atoms with E-state index in [-0.39, 0.29) is 17.1 Å². The average molecular weight is 243 g/mol. The second kappa shape index (κ2) is 4.75. The van der Waals surface area contributed by atoms with Gasteiger partial charge in [0.25, 0.3) is 5.56 Å². The zero-order valence-corrected chi connectivity index (χ0v) is 9.87. The van der Waals surface area contributed by atoms with Crippen molar-refractivity contribution in [1.29, 1.82) is 0 Å². The number of anilines is 1. The van der Waals surface area contributed by atoms with Gasteiger partial charge in [0.05, 0.1) is 6.21 Å². The summed E-state index contributed by atoms with van der Waals surface area (Å²) < 4.78 is 1.12. The predicted molar refractivity (Wildman–Crippen MR) is 71.0 cm³/mol. The van der Waals surface area contributed by atoms with Crippen LogP contribution in [0, 0.1) is 6.92 Å². The number of benzene rings is 1. The highest BCUT2D eigenvalue weighted by molar-refractivity contribution is 5.79. The van der Waals surface area contributed by atoms with E-state index < -0.39 is 0 Å². The first-order valence-corrected chi connectivity index (χ1v) is 5.39. The van der Waals surface area contributed by atoms with Gasteiger partial charge in [0.2, 0.25) is 0 Å². The zero-order valence-electron chi connectivity index (χ0n) is 9.87. The number of hydrogen-bond donors (Lipinski definition) is 2. The van der Waals surface area contributed by atoms with Gasteiger partial charge in [0, 0.05) is 6.07 Å². The fourth-order valence-corrected chi connectivity index (χ4v) is 1.53. The number of hydrogen-bond acceptors (Lipinski definition) is 4. The Labute approximate surface area is 104 Å². The summed E-state index contributed by atoms with van der Waals surface area (Å²) in [4.78, 5) is 11.7. The standard InChI is InChI=1S/C13H13N3O2/c1-9-6-12(14)16(13(18)7-9)15-8-10-2-4-11(17)5-3-10/h2-8,17H,14H2,1H3/b15-8+. The lowest BCUT2D eigenvalue weighted by molar-refractivity contribution is 0.475. The lowest BCUT2D eigenvalue weighted by Gasteiger charge is -2.03. The maximum Gasteiger partial charge on any atom is 0.273 e. The van der Waals surface area contributed by atoms with Crippen LogP contribution in [0.15, 0.2) is 46.3 Å². The van der Waals surface area contributed by atoms with Crippen molar-refractivity contribution < 1.29 is 5.11 Å². The molecule has 1 heterocycles. The molecule has 0 radical (unpaired) electrons. The maximum atomic E-state index is 11.7. The maximum absolute atomic E-state index is 11.7. The minimum atomic E-state index is -0.275. The second-order valence-electron chi connectivity index (χ2n) is 3.94. The molecular formula is C13H13N3O2. The molecule has 18 heavy (non-hydrogen) atoms. The topological polar surface area (TPSA) is 80.6 Å². The van der Waals surface area contributed by atoms with Crippen molar-refractivity contribution in [1.82, 2.24) is 4.68 Å². The van der Waals surface area contributed by atoms with Crippen LogP contribution in [-0.4, -0.2) is 16.0 Å². The molecule has 1 aromatic heterocycles. The second-order valence-corrected chi connectivity index (χ2v) is 3.94. The predicted octanol–water partition coefficient (Wildman–Crippen LogP) is 1.33. The van der Waals surface area contributed by atoms with E-state index in [1.54, 1.807) is 37.3 Å². The Bertz CT molecular complexity index is 642. The molecule has 0 unspecified atom stereocenters. The molecule has 5 heteroatoms.